The van der Waals surface area contributed by atoms with Gasteiger partial charge in [-0.2, -0.15) is 0 Å². The van der Waals surface area contributed by atoms with Crippen molar-refractivity contribution in [2.75, 3.05) is 16.3 Å². The summed E-state index contributed by atoms with van der Waals surface area (Å²) in [5.41, 5.74) is 2.74. The van der Waals surface area contributed by atoms with Crippen molar-refractivity contribution < 1.29 is 13.2 Å². The molecule has 0 radical (unpaired) electrons. The fourth-order valence-corrected chi connectivity index (χ4v) is 3.14. The van der Waals surface area contributed by atoms with Crippen LogP contribution in [0, 0.1) is 6.92 Å². The zero-order chi connectivity index (χ0) is 19.3. The van der Waals surface area contributed by atoms with E-state index in [9.17, 15) is 13.2 Å². The lowest BCUT2D eigenvalue weighted by molar-refractivity contribution is -0.121. The van der Waals surface area contributed by atoms with E-state index in [0.29, 0.717) is 22.9 Å². The first-order valence-corrected chi connectivity index (χ1v) is 10.3. The van der Waals surface area contributed by atoms with Crippen molar-refractivity contribution in [3.63, 3.8) is 0 Å². The number of nitrogens with one attached hydrogen (secondary N) is 3. The van der Waals surface area contributed by atoms with Gasteiger partial charge in [-0.15, -0.1) is 0 Å². The molecule has 0 bridgehead atoms. The number of sulfonamides is 1. The molecule has 0 heterocycles. The summed E-state index contributed by atoms with van der Waals surface area (Å²) < 4.78 is 25.3. The Hall–Kier alpha value is -2.25. The molecule has 140 valence electrons. The van der Waals surface area contributed by atoms with E-state index in [1.807, 2.05) is 18.2 Å². The number of amides is 1. The molecule has 0 aliphatic rings. The third-order valence-corrected chi connectivity index (χ3v) is 4.68. The van der Waals surface area contributed by atoms with E-state index >= 15 is 0 Å². The summed E-state index contributed by atoms with van der Waals surface area (Å²) in [6, 6.07) is 12.0. The maximum atomic E-state index is 12.3. The number of benzene rings is 2. The van der Waals surface area contributed by atoms with E-state index in [0.717, 1.165) is 17.4 Å². The van der Waals surface area contributed by atoms with Crippen LogP contribution in [0.1, 0.15) is 18.1 Å². The van der Waals surface area contributed by atoms with Crippen molar-refractivity contribution in [3.8, 4) is 0 Å². The second-order valence-corrected chi connectivity index (χ2v) is 8.23. The van der Waals surface area contributed by atoms with Crippen LogP contribution in [0.15, 0.2) is 42.5 Å². The number of carbonyl (C=O) groups excluding carboxylic acids is 1. The summed E-state index contributed by atoms with van der Waals surface area (Å²) in [5.74, 6) is -0.192. The van der Waals surface area contributed by atoms with Crippen molar-refractivity contribution in [2.24, 2.45) is 0 Å². The van der Waals surface area contributed by atoms with Gasteiger partial charge in [0, 0.05) is 17.3 Å². The smallest absolute Gasteiger partial charge is 0.242 e. The number of anilines is 2. The van der Waals surface area contributed by atoms with Crippen LogP contribution < -0.4 is 15.4 Å². The number of carbonyl (C=O) groups is 1. The van der Waals surface area contributed by atoms with Crippen LogP contribution >= 0.6 is 11.6 Å². The predicted octanol–water partition coefficient (Wildman–Crippen LogP) is 3.14. The second-order valence-electron chi connectivity index (χ2n) is 6.08. The third-order valence-electron chi connectivity index (χ3n) is 3.72. The van der Waals surface area contributed by atoms with Gasteiger partial charge >= 0.3 is 0 Å². The molecule has 6 nitrogen and oxygen atoms in total. The first-order chi connectivity index (χ1) is 12.2. The summed E-state index contributed by atoms with van der Waals surface area (Å²) in [6.07, 6.45) is 1.09. The van der Waals surface area contributed by atoms with E-state index in [1.165, 1.54) is 0 Å². The molecule has 26 heavy (non-hydrogen) atoms. The molecular weight excluding hydrogens is 374 g/mol. The zero-order valence-corrected chi connectivity index (χ0v) is 16.4. The predicted molar refractivity (Wildman–Crippen MR) is 106 cm³/mol. The molecule has 0 aliphatic heterocycles. The topological polar surface area (TPSA) is 87.3 Å². The van der Waals surface area contributed by atoms with Crippen molar-refractivity contribution in [1.82, 2.24) is 5.32 Å². The van der Waals surface area contributed by atoms with Crippen LogP contribution in [-0.4, -0.2) is 26.6 Å². The molecule has 1 amide bonds. The minimum absolute atomic E-state index is 0.192. The van der Waals surface area contributed by atoms with Crippen LogP contribution in [0.3, 0.4) is 0 Å². The number of hydrogen-bond acceptors (Lipinski definition) is 4. The van der Waals surface area contributed by atoms with Crippen LogP contribution in [0.2, 0.25) is 5.02 Å². The minimum atomic E-state index is -3.37. The maximum absolute atomic E-state index is 12.3. The van der Waals surface area contributed by atoms with Gasteiger partial charge in [0.05, 0.1) is 11.9 Å². The molecule has 1 unspecified atom stereocenters. The van der Waals surface area contributed by atoms with Gasteiger partial charge in [-0.1, -0.05) is 35.9 Å². The summed E-state index contributed by atoms with van der Waals surface area (Å²) in [4.78, 5) is 12.3. The van der Waals surface area contributed by atoms with Crippen molar-refractivity contribution in [1.29, 1.82) is 0 Å². The van der Waals surface area contributed by atoms with E-state index < -0.39 is 16.1 Å². The highest BCUT2D eigenvalue weighted by Gasteiger charge is 2.14. The Labute approximate surface area is 159 Å². The number of halogens is 1. The average Bonchev–Trinajstić information content (AvgIpc) is 2.55. The van der Waals surface area contributed by atoms with Gasteiger partial charge in [-0.25, -0.2) is 8.42 Å². The molecule has 2 aromatic carbocycles. The van der Waals surface area contributed by atoms with Gasteiger partial charge in [0.15, 0.2) is 0 Å². The summed E-state index contributed by atoms with van der Waals surface area (Å²) in [7, 11) is -3.37. The van der Waals surface area contributed by atoms with Gasteiger partial charge in [0.2, 0.25) is 15.9 Å². The molecule has 3 N–H and O–H groups in total. The van der Waals surface area contributed by atoms with E-state index in [4.69, 9.17) is 11.6 Å². The lowest BCUT2D eigenvalue weighted by Crippen LogP contribution is -2.37. The molecule has 0 saturated carbocycles. The summed E-state index contributed by atoms with van der Waals surface area (Å²) >= 11 is 6.08. The average molecular weight is 396 g/mol. The van der Waals surface area contributed by atoms with Crippen LogP contribution in [-0.2, 0) is 21.4 Å². The van der Waals surface area contributed by atoms with Crippen molar-refractivity contribution >= 4 is 38.9 Å². The molecule has 0 spiro atoms. The highest BCUT2D eigenvalue weighted by molar-refractivity contribution is 7.92. The highest BCUT2D eigenvalue weighted by Crippen LogP contribution is 2.22. The SMILES string of the molecule is Cc1ccc(NC(C)C(=O)NCc2ccccc2Cl)cc1NS(C)(=O)=O. The number of aryl methyl sites for hydroxylation is 1. The Bertz CT molecular complexity index is 900. The summed E-state index contributed by atoms with van der Waals surface area (Å²) in [6.45, 7) is 3.86. The van der Waals surface area contributed by atoms with Gasteiger partial charge < -0.3 is 10.6 Å². The molecule has 0 aromatic heterocycles. The second kappa shape index (κ2) is 8.42. The summed E-state index contributed by atoms with van der Waals surface area (Å²) in [5, 5.41) is 6.49. The first-order valence-electron chi connectivity index (χ1n) is 8.02. The zero-order valence-electron chi connectivity index (χ0n) is 14.8. The Morgan fingerprint density at radius 1 is 1.19 bits per heavy atom. The third kappa shape index (κ3) is 5.93. The van der Waals surface area contributed by atoms with Crippen LogP contribution in [0.5, 0.6) is 0 Å². The van der Waals surface area contributed by atoms with Crippen molar-refractivity contribution in [2.45, 2.75) is 26.4 Å². The largest absolute Gasteiger partial charge is 0.374 e. The maximum Gasteiger partial charge on any atom is 0.242 e. The monoisotopic (exact) mass is 395 g/mol. The van der Waals surface area contributed by atoms with E-state index in [-0.39, 0.29) is 5.91 Å². The number of rotatable bonds is 7. The fourth-order valence-electron chi connectivity index (χ4n) is 2.31. The molecular formula is C18H22ClN3O3S. The van der Waals surface area contributed by atoms with E-state index in [1.54, 1.807) is 38.1 Å². The fraction of sp³-hybridized carbons (Fsp3) is 0.278. The standard InChI is InChI=1S/C18H22ClN3O3S/c1-12-8-9-15(10-17(12)22-26(3,24)25)21-13(2)18(23)20-11-14-6-4-5-7-16(14)19/h4-10,13,21-22H,11H2,1-3H3,(H,20,23). The van der Waals surface area contributed by atoms with Crippen LogP contribution in [0.25, 0.3) is 0 Å². The molecule has 2 aromatic rings. The van der Waals surface area contributed by atoms with Gasteiger partial charge in [0.25, 0.3) is 0 Å². The van der Waals surface area contributed by atoms with Gasteiger partial charge in [-0.3, -0.25) is 9.52 Å². The Balaban J connectivity index is 2.00. The van der Waals surface area contributed by atoms with Crippen LogP contribution in [0.4, 0.5) is 11.4 Å². The number of hydrogen-bond donors (Lipinski definition) is 3. The molecule has 2 rings (SSSR count). The molecule has 0 fully saturated rings. The minimum Gasteiger partial charge on any atom is -0.374 e. The Morgan fingerprint density at radius 2 is 1.88 bits per heavy atom. The van der Waals surface area contributed by atoms with E-state index in [2.05, 4.69) is 15.4 Å². The lowest BCUT2D eigenvalue weighted by Gasteiger charge is -2.17. The highest BCUT2D eigenvalue weighted by atomic mass is 35.5. The van der Waals surface area contributed by atoms with Crippen molar-refractivity contribution in [3.05, 3.63) is 58.6 Å². The normalized spacial score (nSPS) is 12.3. The van der Waals surface area contributed by atoms with Gasteiger partial charge in [0.1, 0.15) is 6.04 Å². The Morgan fingerprint density at radius 3 is 2.54 bits per heavy atom. The molecule has 0 saturated heterocycles. The molecule has 0 aliphatic carbocycles. The molecule has 1 atom stereocenters. The lowest BCUT2D eigenvalue weighted by atomic mass is 10.1. The molecule has 8 heteroatoms. The quantitative estimate of drug-likeness (QED) is 0.672. The Kier molecular flexibility index (Phi) is 6.50. The van der Waals surface area contributed by atoms with Gasteiger partial charge in [-0.05, 0) is 43.2 Å². The first kappa shape index (κ1) is 20.1.